The van der Waals surface area contributed by atoms with Crippen LogP contribution < -0.4 is 5.32 Å². The molecule has 1 saturated carbocycles. The first kappa shape index (κ1) is 14.2. The van der Waals surface area contributed by atoms with Crippen molar-refractivity contribution in [1.82, 2.24) is 30.5 Å². The van der Waals surface area contributed by atoms with E-state index in [1.165, 1.54) is 12.8 Å². The molecular formula is C14H22N6O. The molecule has 0 aromatic carbocycles. The molecule has 0 amide bonds. The predicted octanol–water partition coefficient (Wildman–Crippen LogP) is 1.41. The van der Waals surface area contributed by atoms with Crippen molar-refractivity contribution in [2.75, 3.05) is 6.54 Å². The summed E-state index contributed by atoms with van der Waals surface area (Å²) in [5.41, 5.74) is 0.946. The molecule has 1 aliphatic rings. The van der Waals surface area contributed by atoms with Gasteiger partial charge in [-0.3, -0.25) is 0 Å². The van der Waals surface area contributed by atoms with E-state index in [1.807, 2.05) is 6.20 Å². The highest BCUT2D eigenvalue weighted by atomic mass is 16.5. The Morgan fingerprint density at radius 3 is 3.05 bits per heavy atom. The van der Waals surface area contributed by atoms with E-state index >= 15 is 0 Å². The van der Waals surface area contributed by atoms with Crippen molar-refractivity contribution < 1.29 is 4.52 Å². The van der Waals surface area contributed by atoms with Gasteiger partial charge in [0, 0.05) is 13.0 Å². The fourth-order valence-electron chi connectivity index (χ4n) is 2.15. The second kappa shape index (κ2) is 6.34. The molecule has 0 radical (unpaired) electrons. The van der Waals surface area contributed by atoms with E-state index in [0.29, 0.717) is 24.2 Å². The quantitative estimate of drug-likeness (QED) is 0.791. The third-order valence-electron chi connectivity index (χ3n) is 3.42. The van der Waals surface area contributed by atoms with E-state index in [4.69, 9.17) is 4.52 Å². The SMILES string of the molecule is CC(C)Cc1nc(Cn2cc(CNCC3CC3)nn2)no1. The molecule has 1 N–H and O–H groups in total. The molecule has 3 rings (SSSR count). The summed E-state index contributed by atoms with van der Waals surface area (Å²) in [5, 5.41) is 15.6. The lowest BCUT2D eigenvalue weighted by Gasteiger charge is -1.98. The number of hydrogen-bond donors (Lipinski definition) is 1. The van der Waals surface area contributed by atoms with Gasteiger partial charge in [-0.1, -0.05) is 24.2 Å². The molecule has 0 unspecified atom stereocenters. The molecule has 0 aliphatic heterocycles. The van der Waals surface area contributed by atoms with Gasteiger partial charge in [-0.05, 0) is 31.2 Å². The Balaban J connectivity index is 1.49. The summed E-state index contributed by atoms with van der Waals surface area (Å²) in [4.78, 5) is 4.37. The fourth-order valence-corrected chi connectivity index (χ4v) is 2.15. The Hall–Kier alpha value is -1.76. The minimum Gasteiger partial charge on any atom is -0.339 e. The molecule has 0 atom stereocenters. The summed E-state index contributed by atoms with van der Waals surface area (Å²) < 4.78 is 6.97. The van der Waals surface area contributed by atoms with E-state index in [2.05, 4.69) is 39.6 Å². The summed E-state index contributed by atoms with van der Waals surface area (Å²) in [7, 11) is 0. The normalized spacial score (nSPS) is 15.0. The van der Waals surface area contributed by atoms with Crippen LogP contribution in [0.2, 0.25) is 0 Å². The molecule has 7 nitrogen and oxygen atoms in total. The van der Waals surface area contributed by atoms with Gasteiger partial charge < -0.3 is 9.84 Å². The third kappa shape index (κ3) is 4.35. The van der Waals surface area contributed by atoms with E-state index in [9.17, 15) is 0 Å². The number of nitrogens with zero attached hydrogens (tertiary/aromatic N) is 5. The topological polar surface area (TPSA) is 81.7 Å². The van der Waals surface area contributed by atoms with Crippen molar-refractivity contribution in [3.63, 3.8) is 0 Å². The first-order valence-corrected chi connectivity index (χ1v) is 7.60. The molecule has 1 fully saturated rings. The third-order valence-corrected chi connectivity index (χ3v) is 3.42. The second-order valence-corrected chi connectivity index (χ2v) is 6.18. The highest BCUT2D eigenvalue weighted by Crippen LogP contribution is 2.27. The van der Waals surface area contributed by atoms with Crippen LogP contribution in [0.4, 0.5) is 0 Å². The Morgan fingerprint density at radius 1 is 1.43 bits per heavy atom. The van der Waals surface area contributed by atoms with Gasteiger partial charge in [0.2, 0.25) is 5.89 Å². The molecule has 2 aromatic heterocycles. The van der Waals surface area contributed by atoms with Crippen LogP contribution in [0.5, 0.6) is 0 Å². The van der Waals surface area contributed by atoms with E-state index in [0.717, 1.165) is 31.1 Å². The van der Waals surface area contributed by atoms with Crippen LogP contribution in [-0.2, 0) is 19.5 Å². The summed E-state index contributed by atoms with van der Waals surface area (Å²) in [6.45, 7) is 6.60. The Morgan fingerprint density at radius 2 is 2.29 bits per heavy atom. The molecule has 21 heavy (non-hydrogen) atoms. The van der Waals surface area contributed by atoms with Gasteiger partial charge in [0.15, 0.2) is 5.82 Å². The van der Waals surface area contributed by atoms with Gasteiger partial charge in [-0.15, -0.1) is 5.10 Å². The van der Waals surface area contributed by atoms with E-state index < -0.39 is 0 Å². The molecule has 2 heterocycles. The summed E-state index contributed by atoms with van der Waals surface area (Å²) >= 11 is 0. The molecule has 0 bridgehead atoms. The van der Waals surface area contributed by atoms with Crippen LogP contribution >= 0.6 is 0 Å². The number of hydrogen-bond acceptors (Lipinski definition) is 6. The monoisotopic (exact) mass is 290 g/mol. The molecule has 0 saturated heterocycles. The van der Waals surface area contributed by atoms with E-state index in [-0.39, 0.29) is 0 Å². The standard InChI is InChI=1S/C14H22N6O/c1-10(2)5-14-16-13(18-21-14)9-20-8-12(17-19-20)7-15-6-11-3-4-11/h8,10-11,15H,3-7,9H2,1-2H3. The fraction of sp³-hybridized carbons (Fsp3) is 0.714. The van der Waals surface area contributed by atoms with Crippen LogP contribution in [0.1, 0.15) is 44.1 Å². The Kier molecular flexibility index (Phi) is 4.28. The molecule has 1 aliphatic carbocycles. The van der Waals surface area contributed by atoms with Gasteiger partial charge in [0.05, 0.1) is 11.9 Å². The summed E-state index contributed by atoms with van der Waals surface area (Å²) in [6, 6.07) is 0. The van der Waals surface area contributed by atoms with Crippen LogP contribution in [0, 0.1) is 11.8 Å². The summed E-state index contributed by atoms with van der Waals surface area (Å²) in [6.07, 6.45) is 5.45. The maximum atomic E-state index is 5.22. The van der Waals surface area contributed by atoms with Crippen molar-refractivity contribution in [2.45, 2.75) is 46.2 Å². The lowest BCUT2D eigenvalue weighted by Crippen LogP contribution is -2.16. The Labute approximate surface area is 124 Å². The predicted molar refractivity (Wildman–Crippen MR) is 76.4 cm³/mol. The van der Waals surface area contributed by atoms with Crippen LogP contribution in [0.15, 0.2) is 10.7 Å². The van der Waals surface area contributed by atoms with Gasteiger partial charge in [-0.25, -0.2) is 4.68 Å². The largest absolute Gasteiger partial charge is 0.339 e. The number of aromatic nitrogens is 5. The average Bonchev–Trinajstić information content (AvgIpc) is 2.98. The molecule has 0 spiro atoms. The molecule has 2 aromatic rings. The molecular weight excluding hydrogens is 268 g/mol. The average molecular weight is 290 g/mol. The summed E-state index contributed by atoms with van der Waals surface area (Å²) in [5.74, 6) is 2.71. The van der Waals surface area contributed by atoms with Crippen LogP contribution in [0.3, 0.4) is 0 Å². The maximum absolute atomic E-state index is 5.22. The molecule has 7 heteroatoms. The number of nitrogens with one attached hydrogen (secondary N) is 1. The van der Waals surface area contributed by atoms with Crippen LogP contribution in [0.25, 0.3) is 0 Å². The minimum atomic E-state index is 0.497. The van der Waals surface area contributed by atoms with Crippen molar-refractivity contribution >= 4 is 0 Å². The zero-order valence-electron chi connectivity index (χ0n) is 12.6. The smallest absolute Gasteiger partial charge is 0.226 e. The van der Waals surface area contributed by atoms with Gasteiger partial charge >= 0.3 is 0 Å². The highest BCUT2D eigenvalue weighted by Gasteiger charge is 2.20. The first-order chi connectivity index (χ1) is 10.2. The number of rotatable bonds is 8. The van der Waals surface area contributed by atoms with Crippen molar-refractivity contribution in [1.29, 1.82) is 0 Å². The first-order valence-electron chi connectivity index (χ1n) is 7.60. The lowest BCUT2D eigenvalue weighted by atomic mass is 10.1. The molecule has 114 valence electrons. The highest BCUT2D eigenvalue weighted by molar-refractivity contribution is 4.95. The van der Waals surface area contributed by atoms with Crippen LogP contribution in [-0.4, -0.2) is 31.7 Å². The van der Waals surface area contributed by atoms with Gasteiger partial charge in [0.25, 0.3) is 0 Å². The zero-order valence-corrected chi connectivity index (χ0v) is 12.6. The van der Waals surface area contributed by atoms with Gasteiger partial charge in [0.1, 0.15) is 6.54 Å². The van der Waals surface area contributed by atoms with Gasteiger partial charge in [-0.2, -0.15) is 4.98 Å². The lowest BCUT2D eigenvalue weighted by molar-refractivity contribution is 0.357. The zero-order chi connectivity index (χ0) is 14.7. The van der Waals surface area contributed by atoms with Crippen molar-refractivity contribution in [3.8, 4) is 0 Å². The maximum Gasteiger partial charge on any atom is 0.226 e. The minimum absolute atomic E-state index is 0.497. The van der Waals surface area contributed by atoms with Crippen molar-refractivity contribution in [2.24, 2.45) is 11.8 Å². The Bertz CT molecular complexity index is 572. The van der Waals surface area contributed by atoms with Crippen molar-refractivity contribution in [3.05, 3.63) is 23.6 Å². The second-order valence-electron chi connectivity index (χ2n) is 6.18. The van der Waals surface area contributed by atoms with E-state index in [1.54, 1.807) is 4.68 Å².